The highest BCUT2D eigenvalue weighted by Gasteiger charge is 2.13. The molecular weight excluding hydrogens is 277 g/mol. The summed E-state index contributed by atoms with van der Waals surface area (Å²) in [4.78, 5) is 4.22. The van der Waals surface area contributed by atoms with E-state index in [1.165, 1.54) is 6.07 Å². The SMILES string of the molecule is CCCCc1cc2cc(F)ccc2c2c3cnccc3nn12. The molecule has 3 aromatic heterocycles. The molecule has 0 amide bonds. The van der Waals surface area contributed by atoms with E-state index in [9.17, 15) is 4.39 Å². The Bertz CT molecular complexity index is 988. The zero-order valence-corrected chi connectivity index (χ0v) is 12.4. The van der Waals surface area contributed by atoms with Crippen molar-refractivity contribution in [3.05, 3.63) is 54.2 Å². The molecule has 0 spiro atoms. The van der Waals surface area contributed by atoms with Gasteiger partial charge >= 0.3 is 0 Å². The zero-order valence-electron chi connectivity index (χ0n) is 12.4. The monoisotopic (exact) mass is 293 g/mol. The van der Waals surface area contributed by atoms with Gasteiger partial charge in [-0.05, 0) is 48.6 Å². The number of hydrogen-bond donors (Lipinski definition) is 0. The first-order valence-corrected chi connectivity index (χ1v) is 7.61. The molecule has 0 aliphatic carbocycles. The second-order valence-corrected chi connectivity index (χ2v) is 5.62. The number of pyridine rings is 2. The Labute approximate surface area is 127 Å². The predicted octanol–water partition coefficient (Wildman–Crippen LogP) is 4.52. The number of hydrogen-bond acceptors (Lipinski definition) is 2. The molecule has 4 heteroatoms. The highest BCUT2D eigenvalue weighted by atomic mass is 19.1. The van der Waals surface area contributed by atoms with Crippen molar-refractivity contribution in [3.8, 4) is 0 Å². The minimum Gasteiger partial charge on any atom is -0.264 e. The van der Waals surface area contributed by atoms with Gasteiger partial charge in [0.25, 0.3) is 0 Å². The fourth-order valence-corrected chi connectivity index (χ4v) is 3.04. The number of aromatic nitrogens is 3. The Balaban J connectivity index is 2.16. The summed E-state index contributed by atoms with van der Waals surface area (Å²) in [6.07, 6.45) is 6.72. The lowest BCUT2D eigenvalue weighted by atomic mass is 10.1. The number of rotatable bonds is 3. The van der Waals surface area contributed by atoms with Gasteiger partial charge in [-0.3, -0.25) is 4.98 Å². The smallest absolute Gasteiger partial charge is 0.123 e. The van der Waals surface area contributed by atoms with E-state index < -0.39 is 0 Å². The number of benzene rings is 1. The molecule has 0 N–H and O–H groups in total. The van der Waals surface area contributed by atoms with Crippen LogP contribution in [0, 0.1) is 5.82 Å². The van der Waals surface area contributed by atoms with Gasteiger partial charge in [0.15, 0.2) is 0 Å². The molecule has 4 rings (SSSR count). The third kappa shape index (κ3) is 1.95. The van der Waals surface area contributed by atoms with Gasteiger partial charge in [0.05, 0.1) is 11.0 Å². The molecule has 0 radical (unpaired) electrons. The average Bonchev–Trinajstić information content (AvgIpc) is 2.92. The molecular formula is C18H16FN3. The molecule has 4 aromatic rings. The first-order valence-electron chi connectivity index (χ1n) is 7.61. The number of halogens is 1. The van der Waals surface area contributed by atoms with Gasteiger partial charge in [-0.15, -0.1) is 0 Å². The zero-order chi connectivity index (χ0) is 15.1. The Morgan fingerprint density at radius 2 is 2.05 bits per heavy atom. The Kier molecular flexibility index (Phi) is 3.03. The van der Waals surface area contributed by atoms with Crippen molar-refractivity contribution in [2.75, 3.05) is 0 Å². The van der Waals surface area contributed by atoms with Crippen LogP contribution in [0.25, 0.3) is 27.2 Å². The number of aryl methyl sites for hydroxylation is 1. The van der Waals surface area contributed by atoms with E-state index in [1.807, 2.05) is 22.8 Å². The quantitative estimate of drug-likeness (QED) is 0.556. The van der Waals surface area contributed by atoms with E-state index in [2.05, 4.69) is 18.0 Å². The first kappa shape index (κ1) is 13.2. The molecule has 0 bridgehead atoms. The second-order valence-electron chi connectivity index (χ2n) is 5.62. The maximum absolute atomic E-state index is 13.6. The number of nitrogens with zero attached hydrogens (tertiary/aromatic N) is 3. The third-order valence-electron chi connectivity index (χ3n) is 4.12. The lowest BCUT2D eigenvalue weighted by Gasteiger charge is -2.08. The van der Waals surface area contributed by atoms with Gasteiger partial charge in [-0.2, -0.15) is 5.10 Å². The normalized spacial score (nSPS) is 11.7. The highest BCUT2D eigenvalue weighted by Crippen LogP contribution is 2.29. The lowest BCUT2D eigenvalue weighted by molar-refractivity contribution is 0.629. The molecule has 3 heterocycles. The van der Waals surface area contributed by atoms with Crippen LogP contribution in [0.3, 0.4) is 0 Å². The van der Waals surface area contributed by atoms with Crippen LogP contribution in [-0.2, 0) is 6.42 Å². The summed E-state index contributed by atoms with van der Waals surface area (Å²) in [6.45, 7) is 2.17. The molecule has 1 aromatic carbocycles. The van der Waals surface area contributed by atoms with Crippen LogP contribution >= 0.6 is 0 Å². The van der Waals surface area contributed by atoms with Crippen LogP contribution in [-0.4, -0.2) is 14.6 Å². The van der Waals surface area contributed by atoms with Gasteiger partial charge in [0.1, 0.15) is 5.82 Å². The van der Waals surface area contributed by atoms with E-state index in [0.717, 1.165) is 52.1 Å². The van der Waals surface area contributed by atoms with E-state index in [1.54, 1.807) is 12.3 Å². The van der Waals surface area contributed by atoms with Gasteiger partial charge in [0.2, 0.25) is 0 Å². The largest absolute Gasteiger partial charge is 0.264 e. The van der Waals surface area contributed by atoms with Crippen molar-refractivity contribution < 1.29 is 4.39 Å². The van der Waals surface area contributed by atoms with Crippen molar-refractivity contribution in [3.63, 3.8) is 0 Å². The summed E-state index contributed by atoms with van der Waals surface area (Å²) in [7, 11) is 0. The van der Waals surface area contributed by atoms with Crippen molar-refractivity contribution >= 4 is 27.2 Å². The van der Waals surface area contributed by atoms with Crippen molar-refractivity contribution in [2.24, 2.45) is 0 Å². The van der Waals surface area contributed by atoms with Gasteiger partial charge in [-0.1, -0.05) is 13.3 Å². The van der Waals surface area contributed by atoms with Crippen LogP contribution in [0.2, 0.25) is 0 Å². The molecule has 22 heavy (non-hydrogen) atoms. The summed E-state index contributed by atoms with van der Waals surface area (Å²) in [6, 6.07) is 8.91. The molecule has 0 aliphatic rings. The van der Waals surface area contributed by atoms with Crippen LogP contribution in [0.5, 0.6) is 0 Å². The summed E-state index contributed by atoms with van der Waals surface area (Å²) < 4.78 is 15.6. The molecule has 0 atom stereocenters. The summed E-state index contributed by atoms with van der Waals surface area (Å²) in [5.74, 6) is -0.208. The summed E-state index contributed by atoms with van der Waals surface area (Å²) >= 11 is 0. The minimum atomic E-state index is -0.208. The van der Waals surface area contributed by atoms with E-state index in [-0.39, 0.29) is 5.82 Å². The maximum Gasteiger partial charge on any atom is 0.123 e. The first-order chi connectivity index (χ1) is 10.8. The van der Waals surface area contributed by atoms with E-state index in [4.69, 9.17) is 5.10 Å². The Morgan fingerprint density at radius 3 is 2.91 bits per heavy atom. The average molecular weight is 293 g/mol. The predicted molar refractivity (Wildman–Crippen MR) is 86.6 cm³/mol. The number of unbranched alkanes of at least 4 members (excludes halogenated alkanes) is 1. The molecule has 0 unspecified atom stereocenters. The second kappa shape index (κ2) is 5.05. The fraction of sp³-hybridized carbons (Fsp3) is 0.222. The molecule has 0 saturated carbocycles. The standard InChI is InChI=1S/C18H16FN3/c1-2-3-4-14-10-12-9-13(19)5-6-15(12)18-16-11-20-8-7-17(16)21-22(14)18/h5-11H,2-4H2,1H3. The maximum atomic E-state index is 13.6. The van der Waals surface area contributed by atoms with E-state index >= 15 is 0 Å². The Morgan fingerprint density at radius 1 is 1.14 bits per heavy atom. The molecule has 110 valence electrons. The Hall–Kier alpha value is -2.49. The van der Waals surface area contributed by atoms with Crippen LogP contribution in [0.15, 0.2) is 42.7 Å². The van der Waals surface area contributed by atoms with Crippen LogP contribution in [0.1, 0.15) is 25.5 Å². The van der Waals surface area contributed by atoms with Gasteiger partial charge in [-0.25, -0.2) is 8.91 Å². The highest BCUT2D eigenvalue weighted by molar-refractivity contribution is 6.09. The van der Waals surface area contributed by atoms with E-state index in [0.29, 0.717) is 0 Å². The van der Waals surface area contributed by atoms with Crippen LogP contribution in [0.4, 0.5) is 4.39 Å². The molecule has 3 nitrogen and oxygen atoms in total. The van der Waals surface area contributed by atoms with Gasteiger partial charge in [0, 0.05) is 28.9 Å². The van der Waals surface area contributed by atoms with Gasteiger partial charge < -0.3 is 0 Å². The van der Waals surface area contributed by atoms with Crippen molar-refractivity contribution in [1.29, 1.82) is 0 Å². The third-order valence-corrected chi connectivity index (χ3v) is 4.12. The summed E-state index contributed by atoms with van der Waals surface area (Å²) in [5, 5.41) is 7.67. The molecule has 0 saturated heterocycles. The minimum absolute atomic E-state index is 0.208. The molecule has 0 aliphatic heterocycles. The van der Waals surface area contributed by atoms with Crippen LogP contribution < -0.4 is 0 Å². The van der Waals surface area contributed by atoms with Crippen molar-refractivity contribution in [1.82, 2.24) is 14.6 Å². The summed E-state index contributed by atoms with van der Waals surface area (Å²) in [5.41, 5.74) is 3.06. The fourth-order valence-electron chi connectivity index (χ4n) is 3.04. The topological polar surface area (TPSA) is 30.2 Å². The number of fused-ring (bicyclic) bond motifs is 5. The lowest BCUT2D eigenvalue weighted by Crippen LogP contribution is -1.99. The van der Waals surface area contributed by atoms with Crippen molar-refractivity contribution in [2.45, 2.75) is 26.2 Å². The molecule has 0 fully saturated rings.